The maximum absolute atomic E-state index is 14.2. The van der Waals surface area contributed by atoms with E-state index in [9.17, 15) is 9.65 Å². The van der Waals surface area contributed by atoms with Crippen LogP contribution in [0.15, 0.2) is 43.0 Å². The fourth-order valence-corrected chi connectivity index (χ4v) is 3.77. The monoisotopic (exact) mass is 384 g/mol. The minimum atomic E-state index is -0.447. The number of aromatic nitrogens is 5. The molecule has 0 bridgehead atoms. The second-order valence-corrected chi connectivity index (χ2v) is 6.69. The van der Waals surface area contributed by atoms with Crippen LogP contribution in [0.3, 0.4) is 0 Å². The number of halogens is 1. The molecule has 0 aliphatic carbocycles. The number of rotatable bonds is 2. The van der Waals surface area contributed by atoms with E-state index in [0.29, 0.717) is 41.1 Å². The largest absolute Gasteiger partial charge is 0.348 e. The Labute approximate surface area is 164 Å². The number of nitrogens with zero attached hydrogens (tertiary/aromatic N) is 7. The highest BCUT2D eigenvalue weighted by atomic mass is 19.1. The van der Waals surface area contributed by atoms with Crippen molar-refractivity contribution in [2.24, 2.45) is 0 Å². The third kappa shape index (κ3) is 2.60. The second-order valence-electron chi connectivity index (χ2n) is 6.69. The van der Waals surface area contributed by atoms with Crippen molar-refractivity contribution in [1.82, 2.24) is 24.6 Å². The molecule has 0 fully saturated rings. The van der Waals surface area contributed by atoms with Gasteiger partial charge in [0.15, 0.2) is 0 Å². The number of aromatic amines is 1. The van der Waals surface area contributed by atoms with Crippen LogP contribution in [0, 0.1) is 28.5 Å². The molecule has 0 amide bonds. The third-order valence-electron chi connectivity index (χ3n) is 5.06. The Balaban J connectivity index is 1.70. The van der Waals surface area contributed by atoms with Gasteiger partial charge in [-0.25, -0.2) is 18.9 Å². The molecule has 9 heteroatoms. The molecule has 1 aliphatic heterocycles. The van der Waals surface area contributed by atoms with E-state index in [1.807, 2.05) is 11.0 Å². The highest BCUT2D eigenvalue weighted by Crippen LogP contribution is 2.37. The smallest absolute Gasteiger partial charge is 0.148 e. The molecule has 0 unspecified atom stereocenters. The van der Waals surface area contributed by atoms with E-state index in [4.69, 9.17) is 5.26 Å². The molecule has 0 spiro atoms. The molecule has 0 saturated carbocycles. The summed E-state index contributed by atoms with van der Waals surface area (Å²) in [6.45, 7) is 0.559. The number of H-pyrrole nitrogens is 1. The van der Waals surface area contributed by atoms with Crippen LogP contribution in [0.4, 0.5) is 10.2 Å². The van der Waals surface area contributed by atoms with Crippen molar-refractivity contribution in [1.29, 1.82) is 10.5 Å². The fraction of sp³-hybridized carbons (Fsp3) is 0.150. The van der Waals surface area contributed by atoms with Crippen LogP contribution in [-0.4, -0.2) is 31.1 Å². The predicted octanol–water partition coefficient (Wildman–Crippen LogP) is 2.49. The minimum absolute atomic E-state index is 0.294. The van der Waals surface area contributed by atoms with Crippen molar-refractivity contribution in [3.63, 3.8) is 0 Å². The summed E-state index contributed by atoms with van der Waals surface area (Å²) in [5.74, 6) is 0.0766. The molecular weight excluding hydrogens is 371 g/mol. The normalized spacial score (nSPS) is 15.7. The van der Waals surface area contributed by atoms with Crippen LogP contribution >= 0.6 is 0 Å². The first-order chi connectivity index (χ1) is 14.2. The van der Waals surface area contributed by atoms with Crippen LogP contribution in [0.5, 0.6) is 0 Å². The van der Waals surface area contributed by atoms with Gasteiger partial charge in [0.2, 0.25) is 0 Å². The summed E-state index contributed by atoms with van der Waals surface area (Å²) in [5.41, 5.74) is 3.29. The van der Waals surface area contributed by atoms with Gasteiger partial charge in [0.25, 0.3) is 0 Å². The molecule has 0 saturated heterocycles. The number of hydrogen-bond acceptors (Lipinski definition) is 6. The summed E-state index contributed by atoms with van der Waals surface area (Å²) in [6.07, 6.45) is 5.42. The highest BCUT2D eigenvalue weighted by molar-refractivity contribution is 5.61. The lowest BCUT2D eigenvalue weighted by Crippen LogP contribution is -2.37. The SMILES string of the molecule is N#Cc1cnc(N2CCc3[nH]cnc3[C@@H]2c2cc3c(F)cccn3n2)c(C#N)c1. The first kappa shape index (κ1) is 16.9. The Morgan fingerprint density at radius 1 is 1.21 bits per heavy atom. The number of nitriles is 2. The van der Waals surface area contributed by atoms with E-state index in [2.05, 4.69) is 26.1 Å². The number of pyridine rings is 2. The van der Waals surface area contributed by atoms with Crippen LogP contribution in [-0.2, 0) is 6.42 Å². The van der Waals surface area contributed by atoms with Crippen molar-refractivity contribution in [2.45, 2.75) is 12.5 Å². The van der Waals surface area contributed by atoms with Crippen molar-refractivity contribution in [3.05, 3.63) is 77.0 Å². The second kappa shape index (κ2) is 6.43. The summed E-state index contributed by atoms with van der Waals surface area (Å²) >= 11 is 0. The molecule has 1 N–H and O–H groups in total. The molecule has 1 aliphatic rings. The molecule has 5 heterocycles. The Kier molecular flexibility index (Phi) is 3.75. The molecule has 5 rings (SSSR count). The number of fused-ring (bicyclic) bond motifs is 2. The van der Waals surface area contributed by atoms with Crippen LogP contribution in [0.25, 0.3) is 5.52 Å². The third-order valence-corrected chi connectivity index (χ3v) is 5.06. The Morgan fingerprint density at radius 2 is 2.10 bits per heavy atom. The number of hydrogen-bond donors (Lipinski definition) is 1. The molecule has 29 heavy (non-hydrogen) atoms. The van der Waals surface area contributed by atoms with Gasteiger partial charge in [-0.2, -0.15) is 15.6 Å². The fourth-order valence-electron chi connectivity index (χ4n) is 3.77. The molecule has 4 aromatic rings. The van der Waals surface area contributed by atoms with E-state index < -0.39 is 6.04 Å². The van der Waals surface area contributed by atoms with Gasteiger partial charge in [0, 0.05) is 31.1 Å². The van der Waals surface area contributed by atoms with Gasteiger partial charge in [-0.05, 0) is 24.3 Å². The highest BCUT2D eigenvalue weighted by Gasteiger charge is 2.35. The summed E-state index contributed by atoms with van der Waals surface area (Å²) in [5, 5.41) is 23.3. The van der Waals surface area contributed by atoms with Gasteiger partial charge in [0.05, 0.1) is 28.8 Å². The Hall–Kier alpha value is -4.24. The van der Waals surface area contributed by atoms with Gasteiger partial charge in [-0.1, -0.05) is 0 Å². The maximum atomic E-state index is 14.2. The van der Waals surface area contributed by atoms with Gasteiger partial charge < -0.3 is 9.88 Å². The molecular formula is C20H13FN8. The minimum Gasteiger partial charge on any atom is -0.348 e. The molecule has 0 radical (unpaired) electrons. The van der Waals surface area contributed by atoms with Gasteiger partial charge in [-0.3, -0.25) is 0 Å². The zero-order valence-electron chi connectivity index (χ0n) is 15.0. The first-order valence-corrected chi connectivity index (χ1v) is 8.92. The van der Waals surface area contributed by atoms with E-state index in [1.165, 1.54) is 22.8 Å². The summed E-state index contributed by atoms with van der Waals surface area (Å²) in [6, 6.07) is 9.86. The Bertz CT molecular complexity index is 1320. The predicted molar refractivity (Wildman–Crippen MR) is 100 cm³/mol. The quantitative estimate of drug-likeness (QED) is 0.569. The maximum Gasteiger partial charge on any atom is 0.148 e. The van der Waals surface area contributed by atoms with Crippen molar-refractivity contribution < 1.29 is 4.39 Å². The molecule has 0 aromatic carbocycles. The van der Waals surface area contributed by atoms with Crippen molar-refractivity contribution >= 4 is 11.3 Å². The van der Waals surface area contributed by atoms with Gasteiger partial charge in [0.1, 0.15) is 35.3 Å². The summed E-state index contributed by atoms with van der Waals surface area (Å²) in [7, 11) is 0. The Morgan fingerprint density at radius 3 is 2.90 bits per heavy atom. The topological polar surface area (TPSA) is 110 Å². The lowest BCUT2D eigenvalue weighted by molar-refractivity contribution is 0.608. The molecule has 4 aromatic heterocycles. The van der Waals surface area contributed by atoms with E-state index >= 15 is 0 Å². The average molecular weight is 384 g/mol. The van der Waals surface area contributed by atoms with E-state index in [1.54, 1.807) is 24.7 Å². The van der Waals surface area contributed by atoms with Crippen LogP contribution in [0.2, 0.25) is 0 Å². The lowest BCUT2D eigenvalue weighted by atomic mass is 9.99. The first-order valence-electron chi connectivity index (χ1n) is 8.92. The van der Waals surface area contributed by atoms with Crippen LogP contribution < -0.4 is 4.90 Å². The molecule has 8 nitrogen and oxygen atoms in total. The summed E-state index contributed by atoms with van der Waals surface area (Å²) in [4.78, 5) is 13.9. The lowest BCUT2D eigenvalue weighted by Gasteiger charge is -2.35. The zero-order valence-corrected chi connectivity index (χ0v) is 15.0. The van der Waals surface area contributed by atoms with Crippen molar-refractivity contribution in [2.75, 3.05) is 11.4 Å². The number of anilines is 1. The van der Waals surface area contributed by atoms with Crippen molar-refractivity contribution in [3.8, 4) is 12.1 Å². The molecule has 1 atom stereocenters. The average Bonchev–Trinajstić information content (AvgIpc) is 3.40. The molecule has 140 valence electrons. The summed E-state index contributed by atoms with van der Waals surface area (Å²) < 4.78 is 15.7. The van der Waals surface area contributed by atoms with E-state index in [0.717, 1.165) is 11.4 Å². The van der Waals surface area contributed by atoms with Gasteiger partial charge >= 0.3 is 0 Å². The number of imidazole rings is 1. The zero-order chi connectivity index (χ0) is 20.0. The van der Waals surface area contributed by atoms with Gasteiger partial charge in [-0.15, -0.1) is 0 Å². The van der Waals surface area contributed by atoms with E-state index in [-0.39, 0.29) is 5.82 Å². The number of nitrogens with one attached hydrogen (secondary N) is 1. The standard InChI is InChI=1S/C20H13FN8/c21-14-2-1-4-29-17(14)7-16(27-29)19-18-15(25-11-26-18)3-5-28(19)20-13(9-23)6-12(8-22)10-24-20/h1-2,4,6-7,10-11,19H,3,5H2,(H,25,26)/t19-/m0/s1. The van der Waals surface area contributed by atoms with Crippen LogP contribution in [0.1, 0.15) is 34.3 Å².